The lowest BCUT2D eigenvalue weighted by atomic mass is 9.91. The highest BCUT2D eigenvalue weighted by molar-refractivity contribution is 7.88. The van der Waals surface area contributed by atoms with Crippen LogP contribution in [0.15, 0.2) is 24.3 Å². The van der Waals surface area contributed by atoms with Crippen molar-refractivity contribution in [2.75, 3.05) is 0 Å². The highest BCUT2D eigenvalue weighted by Gasteiger charge is 2.29. The molecule has 0 radical (unpaired) electrons. The van der Waals surface area contributed by atoms with E-state index in [2.05, 4.69) is 4.72 Å². The average Bonchev–Trinajstić information content (AvgIpc) is 2.45. The molecule has 0 unspecified atom stereocenters. The fourth-order valence-corrected chi connectivity index (χ4v) is 4.12. The van der Waals surface area contributed by atoms with E-state index in [0.717, 1.165) is 19.3 Å². The Balaban J connectivity index is 2.99. The summed E-state index contributed by atoms with van der Waals surface area (Å²) in [6.45, 7) is 5.95. The van der Waals surface area contributed by atoms with Crippen molar-refractivity contribution < 1.29 is 8.42 Å². The summed E-state index contributed by atoms with van der Waals surface area (Å²) in [4.78, 5) is 0. The second-order valence-electron chi connectivity index (χ2n) is 4.97. The molecule has 20 heavy (non-hydrogen) atoms. The molecule has 1 aromatic rings. The summed E-state index contributed by atoms with van der Waals surface area (Å²) in [5.41, 5.74) is 0.563. The number of nitriles is 1. The molecule has 0 heterocycles. The Morgan fingerprint density at radius 3 is 2.20 bits per heavy atom. The van der Waals surface area contributed by atoms with Gasteiger partial charge < -0.3 is 0 Å². The van der Waals surface area contributed by atoms with Gasteiger partial charge in [0.15, 0.2) is 0 Å². The molecule has 1 N–H and O–H groups in total. The average molecular weight is 294 g/mol. The van der Waals surface area contributed by atoms with Crippen molar-refractivity contribution in [1.82, 2.24) is 4.72 Å². The number of hydrogen-bond acceptors (Lipinski definition) is 3. The van der Waals surface area contributed by atoms with Crippen LogP contribution in [0, 0.1) is 11.3 Å². The van der Waals surface area contributed by atoms with Crippen LogP contribution in [0.4, 0.5) is 0 Å². The number of nitrogens with one attached hydrogen (secondary N) is 1. The quantitative estimate of drug-likeness (QED) is 0.840. The molecule has 110 valence electrons. The largest absolute Gasteiger partial charge is 0.216 e. The third-order valence-electron chi connectivity index (χ3n) is 3.89. The molecule has 4 nitrogen and oxygen atoms in total. The van der Waals surface area contributed by atoms with Crippen LogP contribution in [-0.4, -0.2) is 14.0 Å². The van der Waals surface area contributed by atoms with Crippen LogP contribution >= 0.6 is 0 Å². The molecular formula is C15H22N2O2S. The van der Waals surface area contributed by atoms with Gasteiger partial charge in [-0.05, 0) is 30.9 Å². The maximum atomic E-state index is 12.3. The van der Waals surface area contributed by atoms with E-state index in [4.69, 9.17) is 5.26 Å². The van der Waals surface area contributed by atoms with E-state index < -0.39 is 10.0 Å². The van der Waals surface area contributed by atoms with Crippen molar-refractivity contribution in [3.05, 3.63) is 35.4 Å². The lowest BCUT2D eigenvalue weighted by Gasteiger charge is -2.31. The van der Waals surface area contributed by atoms with Gasteiger partial charge in [0, 0.05) is 5.54 Å². The first-order chi connectivity index (χ1) is 9.42. The van der Waals surface area contributed by atoms with Crippen molar-refractivity contribution in [1.29, 1.82) is 5.26 Å². The van der Waals surface area contributed by atoms with Crippen molar-refractivity contribution in [2.24, 2.45) is 0 Å². The Kier molecular flexibility index (Phi) is 5.73. The molecule has 1 rings (SSSR count). The van der Waals surface area contributed by atoms with Crippen LogP contribution in [0.5, 0.6) is 0 Å². The molecule has 5 heteroatoms. The maximum Gasteiger partial charge on any atom is 0.216 e. The van der Waals surface area contributed by atoms with E-state index in [0.29, 0.717) is 11.1 Å². The van der Waals surface area contributed by atoms with Gasteiger partial charge in [-0.3, -0.25) is 0 Å². The zero-order chi connectivity index (χ0) is 15.2. The standard InChI is InChI=1S/C15H22N2O2S/c1-4-15(5-2,6-3)17-20(18,19)12-14-10-8-7-9-13(14)11-16/h7-10,17H,4-6,12H2,1-3H3. The minimum absolute atomic E-state index is 0.154. The molecule has 0 aliphatic carbocycles. The van der Waals surface area contributed by atoms with Gasteiger partial charge in [-0.25, -0.2) is 13.1 Å². The van der Waals surface area contributed by atoms with Crippen molar-refractivity contribution in [3.63, 3.8) is 0 Å². The molecule has 0 spiro atoms. The Hall–Kier alpha value is -1.38. The molecule has 0 aliphatic heterocycles. The summed E-state index contributed by atoms with van der Waals surface area (Å²) in [5, 5.41) is 9.02. The van der Waals surface area contributed by atoms with Gasteiger partial charge in [0.05, 0.1) is 17.4 Å². The Labute approximate surface area is 121 Å². The van der Waals surface area contributed by atoms with E-state index in [1.807, 2.05) is 26.8 Å². The van der Waals surface area contributed by atoms with Crippen LogP contribution in [0.1, 0.15) is 51.2 Å². The van der Waals surface area contributed by atoms with Crippen molar-refractivity contribution in [3.8, 4) is 6.07 Å². The number of sulfonamides is 1. The van der Waals surface area contributed by atoms with Crippen LogP contribution in [0.2, 0.25) is 0 Å². The first-order valence-corrected chi connectivity index (χ1v) is 8.56. The Morgan fingerprint density at radius 2 is 1.70 bits per heavy atom. The van der Waals surface area contributed by atoms with Crippen LogP contribution in [0.25, 0.3) is 0 Å². The highest BCUT2D eigenvalue weighted by Crippen LogP contribution is 2.22. The van der Waals surface area contributed by atoms with Crippen molar-refractivity contribution >= 4 is 10.0 Å². The third-order valence-corrected chi connectivity index (χ3v) is 5.32. The zero-order valence-electron chi connectivity index (χ0n) is 12.3. The molecule has 0 saturated heterocycles. The summed E-state index contributed by atoms with van der Waals surface area (Å²) < 4.78 is 27.5. The zero-order valence-corrected chi connectivity index (χ0v) is 13.1. The van der Waals surface area contributed by atoms with Gasteiger partial charge in [0.1, 0.15) is 0 Å². The molecule has 0 aliphatic rings. The topological polar surface area (TPSA) is 70.0 Å². The molecule has 0 atom stereocenters. The number of hydrogen-bond donors (Lipinski definition) is 1. The van der Waals surface area contributed by atoms with Gasteiger partial charge in [-0.2, -0.15) is 5.26 Å². The SMILES string of the molecule is CCC(CC)(CC)NS(=O)(=O)Cc1ccccc1C#N. The van der Waals surface area contributed by atoms with Gasteiger partial charge in [0.2, 0.25) is 10.0 Å². The van der Waals surface area contributed by atoms with Gasteiger partial charge in [-0.1, -0.05) is 39.0 Å². The van der Waals surface area contributed by atoms with Crippen LogP contribution in [0.3, 0.4) is 0 Å². The fourth-order valence-electron chi connectivity index (χ4n) is 2.29. The minimum Gasteiger partial charge on any atom is -0.212 e. The smallest absolute Gasteiger partial charge is 0.212 e. The summed E-state index contributed by atoms with van der Waals surface area (Å²) in [6, 6.07) is 8.83. The van der Waals surface area contributed by atoms with E-state index >= 15 is 0 Å². The summed E-state index contributed by atoms with van der Waals surface area (Å²) in [5.74, 6) is -0.154. The minimum atomic E-state index is -3.46. The Morgan fingerprint density at radius 1 is 1.15 bits per heavy atom. The monoisotopic (exact) mass is 294 g/mol. The number of nitrogens with zero attached hydrogens (tertiary/aromatic N) is 1. The molecular weight excluding hydrogens is 272 g/mol. The van der Waals surface area contributed by atoms with Crippen LogP contribution < -0.4 is 4.72 Å². The van der Waals surface area contributed by atoms with E-state index in [-0.39, 0.29) is 11.3 Å². The lowest BCUT2D eigenvalue weighted by Crippen LogP contribution is -2.47. The second kappa shape index (κ2) is 6.87. The van der Waals surface area contributed by atoms with E-state index in [1.165, 1.54) is 0 Å². The third kappa shape index (κ3) is 4.06. The molecule has 0 saturated carbocycles. The maximum absolute atomic E-state index is 12.3. The van der Waals surface area contributed by atoms with E-state index in [1.54, 1.807) is 24.3 Å². The van der Waals surface area contributed by atoms with Gasteiger partial charge >= 0.3 is 0 Å². The molecule has 0 bridgehead atoms. The number of benzene rings is 1. The predicted octanol–water partition coefficient (Wildman–Crippen LogP) is 2.95. The fraction of sp³-hybridized carbons (Fsp3) is 0.533. The second-order valence-corrected chi connectivity index (χ2v) is 6.69. The van der Waals surface area contributed by atoms with Gasteiger partial charge in [0.25, 0.3) is 0 Å². The van der Waals surface area contributed by atoms with Crippen LogP contribution in [-0.2, 0) is 15.8 Å². The lowest BCUT2D eigenvalue weighted by molar-refractivity contribution is 0.341. The normalized spacial score (nSPS) is 12.1. The molecule has 0 fully saturated rings. The molecule has 0 amide bonds. The number of rotatable bonds is 7. The highest BCUT2D eigenvalue weighted by atomic mass is 32.2. The summed E-state index contributed by atoms with van der Waals surface area (Å²) in [6.07, 6.45) is 2.25. The summed E-state index contributed by atoms with van der Waals surface area (Å²) in [7, 11) is -3.46. The summed E-state index contributed by atoms with van der Waals surface area (Å²) >= 11 is 0. The molecule has 0 aromatic heterocycles. The molecule has 1 aromatic carbocycles. The predicted molar refractivity (Wildman–Crippen MR) is 80.5 cm³/mol. The Bertz CT molecular complexity index is 576. The van der Waals surface area contributed by atoms with E-state index in [9.17, 15) is 8.42 Å². The first kappa shape index (κ1) is 16.7. The first-order valence-electron chi connectivity index (χ1n) is 6.91. The van der Waals surface area contributed by atoms with Crippen molar-refractivity contribution in [2.45, 2.75) is 51.3 Å². The van der Waals surface area contributed by atoms with Gasteiger partial charge in [-0.15, -0.1) is 0 Å².